The average Bonchev–Trinajstić information content (AvgIpc) is 2.36. The average molecular weight is 248 g/mol. The molecule has 0 radical (unpaired) electrons. The normalized spacial score (nSPS) is 13.1. The van der Waals surface area contributed by atoms with Gasteiger partial charge in [0, 0.05) is 19.2 Å². The number of nitrogens with one attached hydrogen (secondary N) is 1. The number of nitrogens with zero attached hydrogens (tertiary/aromatic N) is 1. The summed E-state index contributed by atoms with van der Waals surface area (Å²) in [6.07, 6.45) is -0.589. The third-order valence-corrected chi connectivity index (χ3v) is 2.70. The third-order valence-electron chi connectivity index (χ3n) is 2.70. The number of benzene rings is 1. The van der Waals surface area contributed by atoms with Gasteiger partial charge >= 0.3 is 0 Å². The van der Waals surface area contributed by atoms with E-state index in [1.807, 2.05) is 13.8 Å². The molecule has 0 amide bonds. The fourth-order valence-electron chi connectivity index (χ4n) is 1.68. The second-order valence-electron chi connectivity index (χ2n) is 4.95. The van der Waals surface area contributed by atoms with Gasteiger partial charge in [0.1, 0.15) is 0 Å². The lowest BCUT2D eigenvalue weighted by Crippen LogP contribution is -2.45. The van der Waals surface area contributed by atoms with Crippen LogP contribution in [0.1, 0.15) is 31.1 Å². The van der Waals surface area contributed by atoms with E-state index < -0.39 is 6.10 Å². The Morgan fingerprint density at radius 2 is 2.00 bits per heavy atom. The van der Waals surface area contributed by atoms with E-state index in [1.54, 1.807) is 31.4 Å². The van der Waals surface area contributed by atoms with E-state index >= 15 is 0 Å². The first kappa shape index (κ1) is 14.7. The molecule has 1 rings (SSSR count). The fraction of sp³-hybridized carbons (Fsp3) is 0.500. The lowest BCUT2D eigenvalue weighted by Gasteiger charge is -2.27. The fourth-order valence-corrected chi connectivity index (χ4v) is 1.68. The zero-order valence-corrected chi connectivity index (χ0v) is 11.1. The predicted molar refractivity (Wildman–Crippen MR) is 70.1 cm³/mol. The van der Waals surface area contributed by atoms with Crippen LogP contribution in [0.15, 0.2) is 24.3 Å². The van der Waals surface area contributed by atoms with Crippen LogP contribution in [-0.2, 0) is 4.74 Å². The van der Waals surface area contributed by atoms with Gasteiger partial charge < -0.3 is 15.2 Å². The van der Waals surface area contributed by atoms with E-state index in [0.717, 1.165) is 5.56 Å². The molecule has 98 valence electrons. The van der Waals surface area contributed by atoms with Crippen molar-refractivity contribution in [2.45, 2.75) is 25.5 Å². The van der Waals surface area contributed by atoms with E-state index in [0.29, 0.717) is 18.7 Å². The van der Waals surface area contributed by atoms with Crippen LogP contribution in [0.5, 0.6) is 0 Å². The maximum atomic E-state index is 10.0. The number of hydrogen-bond donors (Lipinski definition) is 2. The summed E-state index contributed by atoms with van der Waals surface area (Å²) in [4.78, 5) is 0. The van der Waals surface area contributed by atoms with E-state index in [2.05, 4.69) is 11.4 Å². The van der Waals surface area contributed by atoms with Gasteiger partial charge in [-0.15, -0.1) is 0 Å². The van der Waals surface area contributed by atoms with Gasteiger partial charge in [-0.05, 0) is 31.5 Å². The number of methoxy groups -OCH3 is 1. The number of nitriles is 1. The Bertz CT molecular complexity index is 407. The zero-order chi connectivity index (χ0) is 13.6. The second kappa shape index (κ2) is 6.50. The Labute approximate surface area is 108 Å². The number of hydrogen-bond acceptors (Lipinski definition) is 4. The zero-order valence-electron chi connectivity index (χ0n) is 11.1. The summed E-state index contributed by atoms with van der Waals surface area (Å²) in [5.41, 5.74) is 1.22. The maximum Gasteiger partial charge on any atom is 0.0991 e. The Balaban J connectivity index is 2.55. The molecule has 0 fully saturated rings. The van der Waals surface area contributed by atoms with Crippen LogP contribution in [0, 0.1) is 11.3 Å². The minimum Gasteiger partial charge on any atom is -0.387 e. The topological polar surface area (TPSA) is 65.3 Å². The molecular weight excluding hydrogens is 228 g/mol. The molecule has 0 aliphatic heterocycles. The number of rotatable bonds is 6. The molecule has 0 saturated carbocycles. The highest BCUT2D eigenvalue weighted by molar-refractivity contribution is 5.32. The summed E-state index contributed by atoms with van der Waals surface area (Å²) in [6, 6.07) is 9.01. The molecule has 0 aliphatic carbocycles. The summed E-state index contributed by atoms with van der Waals surface area (Å²) >= 11 is 0. The number of aliphatic hydroxyl groups excluding tert-OH is 1. The molecule has 0 bridgehead atoms. The maximum absolute atomic E-state index is 10.0. The van der Waals surface area contributed by atoms with Gasteiger partial charge in [0.15, 0.2) is 0 Å². The van der Waals surface area contributed by atoms with Gasteiger partial charge in [0.05, 0.1) is 24.3 Å². The lowest BCUT2D eigenvalue weighted by atomic mass is 10.0. The van der Waals surface area contributed by atoms with Gasteiger partial charge in [-0.1, -0.05) is 12.1 Å². The second-order valence-corrected chi connectivity index (χ2v) is 4.95. The molecule has 1 atom stereocenters. The Morgan fingerprint density at radius 3 is 2.50 bits per heavy atom. The van der Waals surface area contributed by atoms with Crippen molar-refractivity contribution in [3.8, 4) is 6.07 Å². The first-order valence-electron chi connectivity index (χ1n) is 5.90. The predicted octanol–water partition coefficient (Wildman–Crippen LogP) is 1.61. The van der Waals surface area contributed by atoms with Crippen molar-refractivity contribution < 1.29 is 9.84 Å². The Hall–Kier alpha value is -1.41. The molecule has 4 heteroatoms. The molecule has 0 saturated heterocycles. The van der Waals surface area contributed by atoms with E-state index in [1.165, 1.54) is 0 Å². The Kier molecular flexibility index (Phi) is 5.29. The molecule has 18 heavy (non-hydrogen) atoms. The highest BCUT2D eigenvalue weighted by Gasteiger charge is 2.18. The largest absolute Gasteiger partial charge is 0.387 e. The van der Waals surface area contributed by atoms with Gasteiger partial charge in [-0.25, -0.2) is 0 Å². The van der Waals surface area contributed by atoms with Crippen LogP contribution in [-0.4, -0.2) is 30.9 Å². The highest BCUT2D eigenvalue weighted by Crippen LogP contribution is 2.14. The van der Waals surface area contributed by atoms with Crippen molar-refractivity contribution >= 4 is 0 Å². The molecule has 2 N–H and O–H groups in total. The van der Waals surface area contributed by atoms with Gasteiger partial charge in [-0.3, -0.25) is 0 Å². The van der Waals surface area contributed by atoms with Gasteiger partial charge in [0.25, 0.3) is 0 Å². The van der Waals surface area contributed by atoms with Crippen LogP contribution < -0.4 is 5.32 Å². The molecule has 1 unspecified atom stereocenters. The lowest BCUT2D eigenvalue weighted by molar-refractivity contribution is 0.107. The van der Waals surface area contributed by atoms with Crippen molar-refractivity contribution in [3.05, 3.63) is 35.4 Å². The first-order valence-corrected chi connectivity index (χ1v) is 5.90. The quantitative estimate of drug-likeness (QED) is 0.802. The van der Waals surface area contributed by atoms with Crippen LogP contribution in [0.4, 0.5) is 0 Å². The van der Waals surface area contributed by atoms with Crippen LogP contribution in [0.2, 0.25) is 0 Å². The molecule has 1 aromatic rings. The van der Waals surface area contributed by atoms with E-state index in [-0.39, 0.29) is 5.54 Å². The van der Waals surface area contributed by atoms with E-state index in [4.69, 9.17) is 10.00 Å². The number of aliphatic hydroxyl groups is 1. The van der Waals surface area contributed by atoms with Crippen molar-refractivity contribution in [1.29, 1.82) is 5.26 Å². The molecule has 0 heterocycles. The van der Waals surface area contributed by atoms with Crippen molar-refractivity contribution in [3.63, 3.8) is 0 Å². The smallest absolute Gasteiger partial charge is 0.0991 e. The van der Waals surface area contributed by atoms with Gasteiger partial charge in [-0.2, -0.15) is 5.26 Å². The summed E-state index contributed by atoms with van der Waals surface area (Å²) in [6.45, 7) is 5.05. The molecule has 4 nitrogen and oxygen atoms in total. The standard InChI is InChI=1S/C14H20N2O2/c1-14(2,10-18-3)16-9-13(17)12-6-4-11(8-15)5-7-12/h4-7,13,16-17H,9-10H2,1-3H3. The Morgan fingerprint density at radius 1 is 1.39 bits per heavy atom. The van der Waals surface area contributed by atoms with E-state index in [9.17, 15) is 5.11 Å². The monoisotopic (exact) mass is 248 g/mol. The molecule has 0 aromatic heterocycles. The highest BCUT2D eigenvalue weighted by atomic mass is 16.5. The SMILES string of the molecule is COCC(C)(C)NCC(O)c1ccc(C#N)cc1. The van der Waals surface area contributed by atoms with Crippen LogP contribution in [0.25, 0.3) is 0 Å². The summed E-state index contributed by atoms with van der Waals surface area (Å²) in [5, 5.41) is 22.0. The number of ether oxygens (including phenoxy) is 1. The minimum atomic E-state index is -0.589. The first-order chi connectivity index (χ1) is 8.48. The minimum absolute atomic E-state index is 0.178. The van der Waals surface area contributed by atoms with Crippen molar-refractivity contribution in [1.82, 2.24) is 5.32 Å². The molecule has 0 spiro atoms. The van der Waals surface area contributed by atoms with Crippen molar-refractivity contribution in [2.24, 2.45) is 0 Å². The molecule has 1 aromatic carbocycles. The molecule has 0 aliphatic rings. The van der Waals surface area contributed by atoms with Crippen LogP contribution in [0.3, 0.4) is 0 Å². The van der Waals surface area contributed by atoms with Crippen molar-refractivity contribution in [2.75, 3.05) is 20.3 Å². The summed E-state index contributed by atoms with van der Waals surface area (Å²) in [7, 11) is 1.65. The number of β-amino-alcohol motifs (C(OH)–C–C–N with tert-alkyl or cyclic N) is 1. The summed E-state index contributed by atoms with van der Waals surface area (Å²) in [5.74, 6) is 0. The third kappa shape index (κ3) is 4.46. The van der Waals surface area contributed by atoms with Gasteiger partial charge in [0.2, 0.25) is 0 Å². The van der Waals surface area contributed by atoms with Crippen LogP contribution >= 0.6 is 0 Å². The molecular formula is C14H20N2O2. The summed E-state index contributed by atoms with van der Waals surface area (Å²) < 4.78 is 5.09.